The number of hydrogen-bond donors (Lipinski definition) is 1. The monoisotopic (exact) mass is 554 g/mol. The number of thioether (sulfide) groups is 1. The van der Waals surface area contributed by atoms with Crippen LogP contribution in [0.15, 0.2) is 83.0 Å². The molecular weight excluding hydrogens is 539 g/mol. The average Bonchev–Trinajstić information content (AvgIpc) is 3.46. The molecule has 0 radical (unpaired) electrons. The van der Waals surface area contributed by atoms with Gasteiger partial charge in [-0.05, 0) is 41.5 Å². The summed E-state index contributed by atoms with van der Waals surface area (Å²) in [4.78, 5) is 31.7. The highest BCUT2D eigenvalue weighted by molar-refractivity contribution is 8.00. The molecule has 1 atom stereocenters. The average molecular weight is 555 g/mol. The van der Waals surface area contributed by atoms with Crippen molar-refractivity contribution in [1.29, 1.82) is 0 Å². The van der Waals surface area contributed by atoms with E-state index in [4.69, 9.17) is 23.2 Å². The van der Waals surface area contributed by atoms with Crippen LogP contribution in [0.1, 0.15) is 22.7 Å². The third-order valence-corrected chi connectivity index (χ3v) is 8.18. The highest BCUT2D eigenvalue weighted by Crippen LogP contribution is 2.44. The topological polar surface area (TPSA) is 96.3 Å². The molecule has 4 aromatic rings. The highest BCUT2D eigenvalue weighted by atomic mass is 35.5. The van der Waals surface area contributed by atoms with Crippen molar-refractivity contribution >= 4 is 68.9 Å². The second kappa shape index (κ2) is 10.4. The fourth-order valence-electron chi connectivity index (χ4n) is 3.80. The van der Waals surface area contributed by atoms with Gasteiger partial charge in [-0.1, -0.05) is 76.6 Å². The number of aromatic nitrogens is 3. The summed E-state index contributed by atoms with van der Waals surface area (Å²) in [7, 11) is 0. The number of aliphatic hydroxyl groups excluding tert-OH is 1. The number of hydrogen-bond acceptors (Lipinski definition) is 8. The molecule has 1 amide bonds. The maximum absolute atomic E-state index is 13.3. The molecule has 0 aliphatic carbocycles. The van der Waals surface area contributed by atoms with Gasteiger partial charge in [0.15, 0.2) is 4.34 Å². The van der Waals surface area contributed by atoms with E-state index in [1.165, 1.54) is 40.4 Å². The Balaban J connectivity index is 1.54. The summed E-state index contributed by atoms with van der Waals surface area (Å²) in [5.41, 5.74) is 1.80. The van der Waals surface area contributed by atoms with Gasteiger partial charge in [-0.3, -0.25) is 19.5 Å². The Morgan fingerprint density at radius 1 is 1.03 bits per heavy atom. The number of ketones is 1. The molecule has 5 rings (SSSR count). The second-order valence-corrected chi connectivity index (χ2v) is 10.7. The normalized spacial score (nSPS) is 17.1. The maximum atomic E-state index is 13.3. The predicted molar refractivity (Wildman–Crippen MR) is 141 cm³/mol. The minimum Gasteiger partial charge on any atom is -0.507 e. The summed E-state index contributed by atoms with van der Waals surface area (Å²) in [5, 5.41) is 20.8. The number of halogens is 2. The van der Waals surface area contributed by atoms with E-state index >= 15 is 0 Å². The number of pyridine rings is 1. The van der Waals surface area contributed by atoms with Gasteiger partial charge in [0.05, 0.1) is 11.6 Å². The second-order valence-electron chi connectivity index (χ2n) is 7.69. The third kappa shape index (κ3) is 4.75. The van der Waals surface area contributed by atoms with Crippen molar-refractivity contribution in [3.63, 3.8) is 0 Å². The first-order valence-corrected chi connectivity index (χ1v) is 13.2. The van der Waals surface area contributed by atoms with Crippen LogP contribution in [-0.4, -0.2) is 32.0 Å². The molecule has 1 unspecified atom stereocenters. The molecule has 7 nitrogen and oxygen atoms in total. The molecule has 1 saturated heterocycles. The molecule has 1 aliphatic rings. The zero-order valence-corrected chi connectivity index (χ0v) is 21.5. The molecule has 36 heavy (non-hydrogen) atoms. The number of amides is 1. The number of anilines is 1. The smallest absolute Gasteiger partial charge is 0.301 e. The number of carbonyl (C=O) groups is 2. The molecule has 11 heteroatoms. The van der Waals surface area contributed by atoms with E-state index in [-0.39, 0.29) is 16.5 Å². The van der Waals surface area contributed by atoms with Crippen molar-refractivity contribution in [3.8, 4) is 0 Å². The summed E-state index contributed by atoms with van der Waals surface area (Å²) in [6.45, 7) is 0. The molecule has 0 spiro atoms. The van der Waals surface area contributed by atoms with Crippen LogP contribution < -0.4 is 4.90 Å². The van der Waals surface area contributed by atoms with E-state index in [2.05, 4.69) is 15.2 Å². The maximum Gasteiger partial charge on any atom is 0.301 e. The number of nitrogens with zero attached hydrogens (tertiary/aromatic N) is 4. The van der Waals surface area contributed by atoms with Crippen LogP contribution in [0.25, 0.3) is 5.76 Å². The summed E-state index contributed by atoms with van der Waals surface area (Å²) < 4.78 is 0.603. The Hall–Kier alpha value is -3.24. The van der Waals surface area contributed by atoms with Crippen molar-refractivity contribution < 1.29 is 14.7 Å². The number of carbonyl (C=O) groups excluding carboxylic acids is 2. The van der Waals surface area contributed by atoms with E-state index in [0.717, 1.165) is 5.56 Å². The largest absolute Gasteiger partial charge is 0.507 e. The molecule has 1 N–H and O–H groups in total. The molecule has 1 aliphatic heterocycles. The number of rotatable bonds is 6. The lowest BCUT2D eigenvalue weighted by Gasteiger charge is -2.22. The van der Waals surface area contributed by atoms with Crippen LogP contribution in [0, 0.1) is 0 Å². The molecule has 2 aromatic heterocycles. The van der Waals surface area contributed by atoms with Crippen molar-refractivity contribution in [2.75, 3.05) is 4.90 Å². The first-order chi connectivity index (χ1) is 17.4. The SMILES string of the molecule is O=C1C(=O)N(c2nnc(SCc3ccccc3Cl)s2)C(c2cccc(Cl)c2)/C1=C(\O)c1ccncc1. The van der Waals surface area contributed by atoms with Gasteiger partial charge in [0.2, 0.25) is 5.13 Å². The first-order valence-electron chi connectivity index (χ1n) is 10.6. The van der Waals surface area contributed by atoms with Crippen molar-refractivity contribution in [1.82, 2.24) is 15.2 Å². The Bertz CT molecular complexity index is 1490. The lowest BCUT2D eigenvalue weighted by molar-refractivity contribution is -0.132. The quantitative estimate of drug-likeness (QED) is 0.100. The van der Waals surface area contributed by atoms with E-state index in [0.29, 0.717) is 31.3 Å². The van der Waals surface area contributed by atoms with Gasteiger partial charge in [0.1, 0.15) is 5.76 Å². The zero-order valence-electron chi connectivity index (χ0n) is 18.3. The third-order valence-electron chi connectivity index (χ3n) is 5.47. The van der Waals surface area contributed by atoms with Gasteiger partial charge in [-0.2, -0.15) is 0 Å². The molecule has 1 fully saturated rings. The molecule has 0 bridgehead atoms. The lowest BCUT2D eigenvalue weighted by Crippen LogP contribution is -2.29. The van der Waals surface area contributed by atoms with E-state index < -0.39 is 17.7 Å². The van der Waals surface area contributed by atoms with Gasteiger partial charge < -0.3 is 5.11 Å². The Morgan fingerprint density at radius 3 is 2.56 bits per heavy atom. The summed E-state index contributed by atoms with van der Waals surface area (Å²) >= 11 is 15.1. The van der Waals surface area contributed by atoms with Crippen LogP contribution in [-0.2, 0) is 15.3 Å². The van der Waals surface area contributed by atoms with Crippen LogP contribution in [0.2, 0.25) is 10.0 Å². The van der Waals surface area contributed by atoms with Crippen LogP contribution >= 0.6 is 46.3 Å². The fourth-order valence-corrected chi connectivity index (χ4v) is 6.15. The predicted octanol–water partition coefficient (Wildman–Crippen LogP) is 6.16. The van der Waals surface area contributed by atoms with Gasteiger partial charge in [-0.25, -0.2) is 0 Å². The lowest BCUT2D eigenvalue weighted by atomic mass is 9.96. The Morgan fingerprint density at radius 2 is 1.81 bits per heavy atom. The van der Waals surface area contributed by atoms with Crippen LogP contribution in [0.3, 0.4) is 0 Å². The van der Waals surface area contributed by atoms with Gasteiger partial charge >= 0.3 is 5.91 Å². The van der Waals surface area contributed by atoms with Gasteiger partial charge in [0, 0.05) is 33.8 Å². The van der Waals surface area contributed by atoms with Crippen LogP contribution in [0.4, 0.5) is 5.13 Å². The summed E-state index contributed by atoms with van der Waals surface area (Å²) in [6, 6.07) is 16.5. The molecule has 3 heterocycles. The first kappa shape index (κ1) is 24.5. The number of aliphatic hydroxyl groups is 1. The molecule has 0 saturated carbocycles. The van der Waals surface area contributed by atoms with Crippen molar-refractivity contribution in [2.45, 2.75) is 16.1 Å². The van der Waals surface area contributed by atoms with Crippen molar-refractivity contribution in [3.05, 3.63) is 105 Å². The summed E-state index contributed by atoms with van der Waals surface area (Å²) in [6.07, 6.45) is 2.99. The Kier molecular flexibility index (Phi) is 7.06. The minimum atomic E-state index is -0.939. The van der Waals surface area contributed by atoms with E-state index in [9.17, 15) is 14.7 Å². The Labute approximate surface area is 224 Å². The summed E-state index contributed by atoms with van der Waals surface area (Å²) in [5.74, 6) is -1.38. The van der Waals surface area contributed by atoms with E-state index in [1.54, 1.807) is 36.4 Å². The standard InChI is InChI=1S/C25H16Cl2N4O3S2/c26-17-6-3-5-15(12-17)20-19(21(32)14-8-10-28-11-9-14)22(33)23(34)31(20)24-29-30-25(36-24)35-13-16-4-1-2-7-18(16)27/h1-12,20,32H,13H2/b21-19+. The fraction of sp³-hybridized carbons (Fsp3) is 0.0800. The van der Waals surface area contributed by atoms with Gasteiger partial charge in [0.25, 0.3) is 5.78 Å². The van der Waals surface area contributed by atoms with Gasteiger partial charge in [-0.15, -0.1) is 10.2 Å². The van der Waals surface area contributed by atoms with Crippen LogP contribution in [0.5, 0.6) is 0 Å². The minimum absolute atomic E-state index is 0.0612. The molecular formula is C25H16Cl2N4O3S2. The number of benzene rings is 2. The van der Waals surface area contributed by atoms with E-state index in [1.807, 2.05) is 24.3 Å². The molecule has 2 aromatic carbocycles. The van der Waals surface area contributed by atoms with Crippen molar-refractivity contribution in [2.24, 2.45) is 0 Å². The highest BCUT2D eigenvalue weighted by Gasteiger charge is 2.48. The molecule has 180 valence electrons. The zero-order chi connectivity index (χ0) is 25.2. The number of Topliss-reactive ketones (excluding diaryl/α,β-unsaturated/α-hetero) is 1.